The maximum Gasteiger partial charge on any atom is 0.307 e. The first-order valence-electron chi connectivity index (χ1n) is 8.05. The number of nitrogens with zero attached hydrogens (tertiary/aromatic N) is 5. The zero-order valence-corrected chi connectivity index (χ0v) is 14.0. The van der Waals surface area contributed by atoms with Crippen LogP contribution in [0.15, 0.2) is 22.6 Å². The summed E-state index contributed by atoms with van der Waals surface area (Å²) in [6, 6.07) is 3.08. The first kappa shape index (κ1) is 18.4. The van der Waals surface area contributed by atoms with Gasteiger partial charge in [0.05, 0.1) is 33.9 Å². The van der Waals surface area contributed by atoms with Gasteiger partial charge in [0.2, 0.25) is 11.8 Å². The summed E-state index contributed by atoms with van der Waals surface area (Å²) >= 11 is 0. The van der Waals surface area contributed by atoms with Crippen molar-refractivity contribution in [2.45, 2.75) is 19.4 Å². The van der Waals surface area contributed by atoms with E-state index >= 15 is 0 Å². The van der Waals surface area contributed by atoms with Crippen molar-refractivity contribution < 1.29 is 24.2 Å². The number of nitro benzene ring substituents is 2. The highest BCUT2D eigenvalue weighted by Crippen LogP contribution is 2.29. The predicted octanol–water partition coefficient (Wildman–Crippen LogP) is 1.85. The van der Waals surface area contributed by atoms with E-state index in [0.29, 0.717) is 19.5 Å². The number of aromatic nitrogens is 2. The van der Waals surface area contributed by atoms with Crippen molar-refractivity contribution in [3.8, 4) is 11.5 Å². The Bertz CT molecular complexity index is 864. The molecule has 142 valence electrons. The van der Waals surface area contributed by atoms with Crippen molar-refractivity contribution in [2.75, 3.05) is 13.1 Å². The number of likely N-dealkylation sites (tertiary alicyclic amines) is 1. The second-order valence-corrected chi connectivity index (χ2v) is 6.17. The number of aliphatic carboxylic acids is 1. The summed E-state index contributed by atoms with van der Waals surface area (Å²) in [6.07, 6.45) is 1.34. The topological polar surface area (TPSA) is 166 Å². The summed E-state index contributed by atoms with van der Waals surface area (Å²) < 4.78 is 5.48. The number of benzene rings is 1. The van der Waals surface area contributed by atoms with Gasteiger partial charge in [0, 0.05) is 18.7 Å². The lowest BCUT2D eigenvalue weighted by Gasteiger charge is -2.29. The number of carbonyl (C=O) groups is 1. The molecular formula is C15H15N5O7. The molecule has 0 aliphatic carbocycles. The summed E-state index contributed by atoms with van der Waals surface area (Å²) in [7, 11) is 0. The molecule has 1 atom stereocenters. The van der Waals surface area contributed by atoms with Crippen LogP contribution in [0.5, 0.6) is 0 Å². The van der Waals surface area contributed by atoms with Crippen molar-refractivity contribution in [1.29, 1.82) is 0 Å². The first-order chi connectivity index (χ1) is 12.8. The summed E-state index contributed by atoms with van der Waals surface area (Å²) in [6.45, 7) is 1.27. The number of hydrogen-bond donors (Lipinski definition) is 1. The van der Waals surface area contributed by atoms with Gasteiger partial charge in [-0.25, -0.2) is 0 Å². The Kier molecular flexibility index (Phi) is 5.07. The quantitative estimate of drug-likeness (QED) is 0.579. The molecule has 27 heavy (non-hydrogen) atoms. The van der Waals surface area contributed by atoms with Crippen LogP contribution in [0.1, 0.15) is 18.7 Å². The summed E-state index contributed by atoms with van der Waals surface area (Å²) in [5, 5.41) is 38.7. The fourth-order valence-electron chi connectivity index (χ4n) is 2.96. The molecule has 0 saturated carbocycles. The van der Waals surface area contributed by atoms with E-state index in [1.807, 2.05) is 4.90 Å². The Morgan fingerprint density at radius 2 is 1.89 bits per heavy atom. The second-order valence-electron chi connectivity index (χ2n) is 6.17. The number of hydrogen-bond acceptors (Lipinski definition) is 9. The third kappa shape index (κ3) is 4.23. The molecule has 0 radical (unpaired) electrons. The molecule has 1 aliphatic rings. The molecule has 2 aromatic rings. The lowest BCUT2D eigenvalue weighted by molar-refractivity contribution is -0.394. The average Bonchev–Trinajstić information content (AvgIpc) is 3.10. The molecule has 12 heteroatoms. The SMILES string of the molecule is O=C(O)C1CCCN(Cc2nnc(-c3cc([N+](=O)[O-])cc([N+](=O)[O-])c3)o2)C1. The minimum absolute atomic E-state index is 0.0664. The van der Waals surface area contributed by atoms with E-state index in [9.17, 15) is 25.0 Å². The predicted molar refractivity (Wildman–Crippen MR) is 88.7 cm³/mol. The maximum atomic E-state index is 11.1. The summed E-state index contributed by atoms with van der Waals surface area (Å²) in [5.74, 6) is -1.19. The van der Waals surface area contributed by atoms with Gasteiger partial charge in [0.1, 0.15) is 0 Å². The zero-order chi connectivity index (χ0) is 19.6. The fourth-order valence-corrected chi connectivity index (χ4v) is 2.96. The minimum Gasteiger partial charge on any atom is -0.481 e. The molecule has 1 unspecified atom stereocenters. The van der Waals surface area contributed by atoms with Crippen LogP contribution in [0, 0.1) is 26.1 Å². The van der Waals surface area contributed by atoms with Gasteiger partial charge in [-0.2, -0.15) is 0 Å². The molecule has 0 amide bonds. The highest BCUT2D eigenvalue weighted by Gasteiger charge is 2.27. The van der Waals surface area contributed by atoms with Crippen LogP contribution in [-0.2, 0) is 11.3 Å². The number of carboxylic acids is 1. The van der Waals surface area contributed by atoms with Gasteiger partial charge in [-0.15, -0.1) is 10.2 Å². The van der Waals surface area contributed by atoms with Gasteiger partial charge in [-0.05, 0) is 19.4 Å². The van der Waals surface area contributed by atoms with Gasteiger partial charge < -0.3 is 9.52 Å². The van der Waals surface area contributed by atoms with Crippen LogP contribution in [0.3, 0.4) is 0 Å². The van der Waals surface area contributed by atoms with Gasteiger partial charge in [-0.3, -0.25) is 29.9 Å². The standard InChI is InChI=1S/C15H15N5O7/c21-15(22)9-2-1-3-18(7-9)8-13-16-17-14(27-13)10-4-11(19(23)24)6-12(5-10)20(25)26/h4-6,9H,1-3,7-8H2,(H,21,22). The maximum absolute atomic E-state index is 11.1. The molecule has 1 N–H and O–H groups in total. The third-order valence-electron chi connectivity index (χ3n) is 4.25. The van der Waals surface area contributed by atoms with Crippen LogP contribution >= 0.6 is 0 Å². The number of piperidine rings is 1. The first-order valence-corrected chi connectivity index (χ1v) is 8.05. The van der Waals surface area contributed by atoms with Crippen molar-refractivity contribution in [2.24, 2.45) is 5.92 Å². The number of carboxylic acid groups (broad SMARTS) is 1. The van der Waals surface area contributed by atoms with E-state index in [0.717, 1.165) is 24.6 Å². The highest BCUT2D eigenvalue weighted by molar-refractivity contribution is 5.70. The van der Waals surface area contributed by atoms with Crippen LogP contribution in [0.25, 0.3) is 11.5 Å². The van der Waals surface area contributed by atoms with E-state index in [1.165, 1.54) is 0 Å². The second kappa shape index (κ2) is 7.45. The van der Waals surface area contributed by atoms with Crippen molar-refractivity contribution in [3.05, 3.63) is 44.3 Å². The number of non-ortho nitro benzene ring substituents is 2. The van der Waals surface area contributed by atoms with Gasteiger partial charge in [0.25, 0.3) is 11.4 Å². The van der Waals surface area contributed by atoms with Crippen LogP contribution < -0.4 is 0 Å². The molecule has 3 rings (SSSR count). The zero-order valence-electron chi connectivity index (χ0n) is 14.0. The van der Waals surface area contributed by atoms with E-state index < -0.39 is 33.1 Å². The van der Waals surface area contributed by atoms with Crippen molar-refractivity contribution >= 4 is 17.3 Å². The Morgan fingerprint density at radius 3 is 2.48 bits per heavy atom. The summed E-state index contributed by atoms with van der Waals surface area (Å²) in [5.41, 5.74) is -0.852. The lowest BCUT2D eigenvalue weighted by atomic mass is 9.98. The molecule has 1 aromatic heterocycles. The van der Waals surface area contributed by atoms with E-state index in [1.54, 1.807) is 0 Å². The monoisotopic (exact) mass is 377 g/mol. The minimum atomic E-state index is -0.852. The van der Waals surface area contributed by atoms with Gasteiger partial charge in [-0.1, -0.05) is 0 Å². The smallest absolute Gasteiger partial charge is 0.307 e. The van der Waals surface area contributed by atoms with Crippen LogP contribution in [0.4, 0.5) is 11.4 Å². The molecule has 0 bridgehead atoms. The highest BCUT2D eigenvalue weighted by atomic mass is 16.6. The van der Waals surface area contributed by atoms with Crippen LogP contribution in [0.2, 0.25) is 0 Å². The molecule has 1 aliphatic heterocycles. The molecule has 1 aromatic carbocycles. The molecular weight excluding hydrogens is 362 g/mol. The van der Waals surface area contributed by atoms with Gasteiger partial charge in [0.15, 0.2) is 0 Å². The van der Waals surface area contributed by atoms with E-state index in [2.05, 4.69) is 10.2 Å². The van der Waals surface area contributed by atoms with E-state index in [4.69, 9.17) is 9.52 Å². The largest absolute Gasteiger partial charge is 0.481 e. The van der Waals surface area contributed by atoms with Gasteiger partial charge >= 0.3 is 5.97 Å². The molecule has 0 spiro atoms. The van der Waals surface area contributed by atoms with Crippen molar-refractivity contribution in [3.63, 3.8) is 0 Å². The summed E-state index contributed by atoms with van der Waals surface area (Å²) in [4.78, 5) is 33.5. The molecule has 1 fully saturated rings. The average molecular weight is 377 g/mol. The molecule has 12 nitrogen and oxygen atoms in total. The normalized spacial score (nSPS) is 17.6. The Hall–Kier alpha value is -3.41. The Morgan fingerprint density at radius 1 is 1.22 bits per heavy atom. The number of nitro groups is 2. The molecule has 2 heterocycles. The lowest BCUT2D eigenvalue weighted by Crippen LogP contribution is -2.38. The Labute approximate surface area is 151 Å². The van der Waals surface area contributed by atoms with E-state index in [-0.39, 0.29) is 23.9 Å². The number of rotatable bonds is 6. The third-order valence-corrected chi connectivity index (χ3v) is 4.25. The van der Waals surface area contributed by atoms with Crippen molar-refractivity contribution in [1.82, 2.24) is 15.1 Å². The van der Waals surface area contributed by atoms with Crippen LogP contribution in [-0.4, -0.2) is 49.1 Å². The fraction of sp³-hybridized carbons (Fsp3) is 0.400. The Balaban J connectivity index is 1.80. The molecule has 1 saturated heterocycles.